The van der Waals surface area contributed by atoms with Crippen LogP contribution in [0.25, 0.3) is 0 Å². The third-order valence-corrected chi connectivity index (χ3v) is 6.71. The molecule has 2 aliphatic rings. The van der Waals surface area contributed by atoms with Gasteiger partial charge in [-0.05, 0) is 44.7 Å². The number of benzene rings is 1. The Labute approximate surface area is 126 Å². The normalized spacial score (nSPS) is 30.4. The highest BCUT2D eigenvalue weighted by Gasteiger charge is 2.51. The van der Waals surface area contributed by atoms with Crippen molar-refractivity contribution >= 4 is 9.84 Å². The number of ether oxygens (including phenoxy) is 2. The molecule has 1 aromatic carbocycles. The van der Waals surface area contributed by atoms with Gasteiger partial charge in [0.05, 0.1) is 18.1 Å². The summed E-state index contributed by atoms with van der Waals surface area (Å²) in [6.07, 6.45) is 3.97. The van der Waals surface area contributed by atoms with E-state index in [2.05, 4.69) is 0 Å². The molecule has 5 heteroatoms. The second-order valence-electron chi connectivity index (χ2n) is 5.95. The number of rotatable bonds is 2. The van der Waals surface area contributed by atoms with Gasteiger partial charge in [0.15, 0.2) is 15.6 Å². The van der Waals surface area contributed by atoms with E-state index in [0.717, 1.165) is 24.8 Å². The summed E-state index contributed by atoms with van der Waals surface area (Å²) in [7, 11) is -3.44. The van der Waals surface area contributed by atoms with Gasteiger partial charge in [0.2, 0.25) is 0 Å². The fraction of sp³-hybridized carbons (Fsp3) is 0.625. The fourth-order valence-electron chi connectivity index (χ4n) is 3.27. The third-order valence-electron chi connectivity index (χ3n) is 4.44. The SMILES string of the molecule is Cc1ccc(S(=O)(=O)[C@@H]2CCCOC23CCCCO3)cc1. The molecule has 0 amide bonds. The molecule has 1 spiro atoms. The quantitative estimate of drug-likeness (QED) is 0.843. The van der Waals surface area contributed by atoms with Gasteiger partial charge in [-0.3, -0.25) is 0 Å². The lowest BCUT2D eigenvalue weighted by Crippen LogP contribution is -2.55. The van der Waals surface area contributed by atoms with Crippen molar-refractivity contribution in [2.45, 2.75) is 55.0 Å². The van der Waals surface area contributed by atoms with E-state index < -0.39 is 20.9 Å². The maximum atomic E-state index is 13.0. The van der Waals surface area contributed by atoms with Crippen molar-refractivity contribution in [2.75, 3.05) is 13.2 Å². The number of sulfone groups is 1. The third kappa shape index (κ3) is 2.74. The molecule has 116 valence electrons. The zero-order chi connectivity index (χ0) is 14.9. The molecule has 2 heterocycles. The molecule has 3 rings (SSSR count). The molecule has 2 fully saturated rings. The van der Waals surface area contributed by atoms with E-state index in [-0.39, 0.29) is 0 Å². The minimum absolute atomic E-state index is 0.372. The first-order chi connectivity index (χ1) is 10.0. The van der Waals surface area contributed by atoms with Crippen molar-refractivity contribution in [1.29, 1.82) is 0 Å². The molecule has 0 N–H and O–H groups in total. The van der Waals surface area contributed by atoms with Crippen LogP contribution in [0.2, 0.25) is 0 Å². The molecule has 0 radical (unpaired) electrons. The van der Waals surface area contributed by atoms with Crippen LogP contribution in [0.5, 0.6) is 0 Å². The minimum Gasteiger partial charge on any atom is -0.349 e. The topological polar surface area (TPSA) is 52.6 Å². The van der Waals surface area contributed by atoms with Crippen molar-refractivity contribution in [1.82, 2.24) is 0 Å². The Morgan fingerprint density at radius 2 is 1.71 bits per heavy atom. The van der Waals surface area contributed by atoms with Crippen LogP contribution >= 0.6 is 0 Å². The molecule has 0 aromatic heterocycles. The largest absolute Gasteiger partial charge is 0.349 e. The van der Waals surface area contributed by atoms with E-state index in [9.17, 15) is 8.42 Å². The van der Waals surface area contributed by atoms with Gasteiger partial charge in [-0.25, -0.2) is 8.42 Å². The van der Waals surface area contributed by atoms with Gasteiger partial charge in [0.1, 0.15) is 5.25 Å². The van der Waals surface area contributed by atoms with Crippen molar-refractivity contribution in [3.63, 3.8) is 0 Å². The maximum absolute atomic E-state index is 13.0. The van der Waals surface area contributed by atoms with Gasteiger partial charge >= 0.3 is 0 Å². The summed E-state index contributed by atoms with van der Waals surface area (Å²) in [4.78, 5) is 0.372. The van der Waals surface area contributed by atoms with Crippen LogP contribution in [-0.2, 0) is 19.3 Å². The van der Waals surface area contributed by atoms with Crippen LogP contribution in [0.1, 0.15) is 37.7 Å². The predicted octanol–water partition coefficient (Wildman–Crippen LogP) is 2.84. The fourth-order valence-corrected chi connectivity index (χ4v) is 5.32. The summed E-state index contributed by atoms with van der Waals surface area (Å²) < 4.78 is 37.7. The van der Waals surface area contributed by atoms with Gasteiger partial charge in [0, 0.05) is 6.42 Å². The Balaban J connectivity index is 1.97. The Bertz CT molecular complexity index is 577. The van der Waals surface area contributed by atoms with Gasteiger partial charge in [-0.1, -0.05) is 17.7 Å². The molecule has 2 saturated heterocycles. The second kappa shape index (κ2) is 5.71. The van der Waals surface area contributed by atoms with E-state index in [4.69, 9.17) is 9.47 Å². The van der Waals surface area contributed by atoms with Crippen LogP contribution < -0.4 is 0 Å². The molecule has 1 aromatic rings. The summed E-state index contributed by atoms with van der Waals surface area (Å²) in [5.41, 5.74) is 1.05. The highest BCUT2D eigenvalue weighted by molar-refractivity contribution is 7.92. The van der Waals surface area contributed by atoms with Gasteiger partial charge < -0.3 is 9.47 Å². The van der Waals surface area contributed by atoms with E-state index in [1.165, 1.54) is 0 Å². The Morgan fingerprint density at radius 1 is 1.05 bits per heavy atom. The Kier molecular flexibility index (Phi) is 4.08. The monoisotopic (exact) mass is 310 g/mol. The molecule has 1 unspecified atom stereocenters. The summed E-state index contributed by atoms with van der Waals surface area (Å²) in [6.45, 7) is 3.12. The average molecular weight is 310 g/mol. The molecular weight excluding hydrogens is 288 g/mol. The predicted molar refractivity (Wildman–Crippen MR) is 79.9 cm³/mol. The van der Waals surface area contributed by atoms with Gasteiger partial charge in [-0.15, -0.1) is 0 Å². The lowest BCUT2D eigenvalue weighted by atomic mass is 9.97. The Hall–Kier alpha value is -0.910. The van der Waals surface area contributed by atoms with Crippen molar-refractivity contribution in [3.05, 3.63) is 29.8 Å². The van der Waals surface area contributed by atoms with E-state index >= 15 is 0 Å². The highest BCUT2D eigenvalue weighted by atomic mass is 32.2. The van der Waals surface area contributed by atoms with E-state index in [1.54, 1.807) is 12.1 Å². The summed E-state index contributed by atoms with van der Waals surface area (Å²) in [6, 6.07) is 7.06. The zero-order valence-corrected chi connectivity index (χ0v) is 13.2. The zero-order valence-electron chi connectivity index (χ0n) is 12.4. The first-order valence-electron chi connectivity index (χ1n) is 7.63. The average Bonchev–Trinajstić information content (AvgIpc) is 2.49. The molecule has 0 bridgehead atoms. The van der Waals surface area contributed by atoms with Crippen LogP contribution in [0.3, 0.4) is 0 Å². The molecule has 21 heavy (non-hydrogen) atoms. The maximum Gasteiger partial charge on any atom is 0.186 e. The molecule has 2 atom stereocenters. The first-order valence-corrected chi connectivity index (χ1v) is 9.18. The van der Waals surface area contributed by atoms with E-state index in [0.29, 0.717) is 31.0 Å². The van der Waals surface area contributed by atoms with Gasteiger partial charge in [0.25, 0.3) is 0 Å². The molecular formula is C16H22O4S. The minimum atomic E-state index is -3.44. The number of hydrogen-bond acceptors (Lipinski definition) is 4. The number of aryl methyl sites for hydroxylation is 1. The summed E-state index contributed by atoms with van der Waals surface area (Å²) in [5, 5.41) is -0.596. The molecule has 4 nitrogen and oxygen atoms in total. The van der Waals surface area contributed by atoms with Gasteiger partial charge in [-0.2, -0.15) is 0 Å². The molecule has 0 aliphatic carbocycles. The number of hydrogen-bond donors (Lipinski definition) is 0. The molecule has 2 aliphatic heterocycles. The Morgan fingerprint density at radius 3 is 2.38 bits per heavy atom. The van der Waals surface area contributed by atoms with Crippen LogP contribution in [-0.4, -0.2) is 32.7 Å². The standard InChI is InChI=1S/C16H22O4S/c1-13-6-8-14(9-7-13)21(17,18)15-5-4-12-20-16(15)10-2-3-11-19-16/h6-9,15H,2-5,10-12H2,1H3/t15-,16?/m1/s1. The second-order valence-corrected chi connectivity index (χ2v) is 8.09. The highest BCUT2D eigenvalue weighted by Crippen LogP contribution is 2.40. The van der Waals surface area contributed by atoms with Crippen LogP contribution in [0.15, 0.2) is 29.2 Å². The first kappa shape index (κ1) is 15.0. The summed E-state index contributed by atoms with van der Waals surface area (Å²) >= 11 is 0. The smallest absolute Gasteiger partial charge is 0.186 e. The van der Waals surface area contributed by atoms with Crippen molar-refractivity contribution in [3.8, 4) is 0 Å². The lowest BCUT2D eigenvalue weighted by molar-refractivity contribution is -0.268. The van der Waals surface area contributed by atoms with Crippen molar-refractivity contribution < 1.29 is 17.9 Å². The molecule has 0 saturated carbocycles. The van der Waals surface area contributed by atoms with Crippen LogP contribution in [0.4, 0.5) is 0 Å². The van der Waals surface area contributed by atoms with Crippen molar-refractivity contribution in [2.24, 2.45) is 0 Å². The van der Waals surface area contributed by atoms with Crippen LogP contribution in [0, 0.1) is 6.92 Å². The van der Waals surface area contributed by atoms with E-state index in [1.807, 2.05) is 19.1 Å². The lowest BCUT2D eigenvalue weighted by Gasteiger charge is -2.45. The summed E-state index contributed by atoms with van der Waals surface area (Å²) in [5.74, 6) is -0.930.